The van der Waals surface area contributed by atoms with Gasteiger partial charge in [-0.15, -0.1) is 0 Å². The molecule has 1 aromatic rings. The number of hydrogen-bond acceptors (Lipinski definition) is 3. The van der Waals surface area contributed by atoms with E-state index in [9.17, 15) is 4.79 Å². The highest BCUT2D eigenvalue weighted by atomic mass is 16.5. The van der Waals surface area contributed by atoms with Gasteiger partial charge in [0.15, 0.2) is 0 Å². The molecule has 1 aromatic carbocycles. The number of carbonyl (C=O) groups is 1. The van der Waals surface area contributed by atoms with Gasteiger partial charge >= 0.3 is 6.03 Å². The summed E-state index contributed by atoms with van der Waals surface area (Å²) >= 11 is 0. The molecular weight excluding hydrogens is 242 g/mol. The summed E-state index contributed by atoms with van der Waals surface area (Å²) in [6.07, 6.45) is 1.00. The number of anilines is 2. The van der Waals surface area contributed by atoms with Crippen molar-refractivity contribution in [1.82, 2.24) is 5.32 Å². The molecule has 104 valence electrons. The molecule has 0 saturated carbocycles. The largest absolute Gasteiger partial charge is 0.383 e. The predicted molar refractivity (Wildman–Crippen MR) is 76.8 cm³/mol. The van der Waals surface area contributed by atoms with Gasteiger partial charge in [0.1, 0.15) is 0 Å². The van der Waals surface area contributed by atoms with Crippen molar-refractivity contribution in [3.8, 4) is 0 Å². The Kier molecular flexibility index (Phi) is 4.63. The SMILES string of the molecule is CCC(COC)Nc1ccc(N2CCNC2=O)cc1. The third-order valence-corrected chi connectivity index (χ3v) is 3.27. The summed E-state index contributed by atoms with van der Waals surface area (Å²) in [6, 6.07) is 8.22. The minimum absolute atomic E-state index is 0.0217. The van der Waals surface area contributed by atoms with Gasteiger partial charge in [0.25, 0.3) is 0 Å². The van der Waals surface area contributed by atoms with Gasteiger partial charge in [0.2, 0.25) is 0 Å². The third kappa shape index (κ3) is 3.38. The molecule has 0 aliphatic carbocycles. The Morgan fingerprint density at radius 3 is 2.68 bits per heavy atom. The van der Waals surface area contributed by atoms with Gasteiger partial charge in [0.05, 0.1) is 6.61 Å². The Hall–Kier alpha value is -1.75. The quantitative estimate of drug-likeness (QED) is 0.826. The number of hydrogen-bond donors (Lipinski definition) is 2. The van der Waals surface area contributed by atoms with Crippen LogP contribution in [0.2, 0.25) is 0 Å². The minimum Gasteiger partial charge on any atom is -0.383 e. The first-order valence-electron chi connectivity index (χ1n) is 6.65. The molecule has 1 heterocycles. The Morgan fingerprint density at radius 1 is 1.42 bits per heavy atom. The molecule has 0 bridgehead atoms. The van der Waals surface area contributed by atoms with E-state index in [0.29, 0.717) is 19.2 Å². The van der Waals surface area contributed by atoms with Crippen LogP contribution in [0.4, 0.5) is 16.2 Å². The van der Waals surface area contributed by atoms with Crippen molar-refractivity contribution >= 4 is 17.4 Å². The number of carbonyl (C=O) groups excluding carboxylic acids is 1. The highest BCUT2D eigenvalue weighted by molar-refractivity contribution is 5.94. The molecule has 0 aromatic heterocycles. The molecule has 1 fully saturated rings. The van der Waals surface area contributed by atoms with E-state index in [0.717, 1.165) is 24.3 Å². The van der Waals surface area contributed by atoms with Gasteiger partial charge in [0, 0.05) is 37.6 Å². The zero-order chi connectivity index (χ0) is 13.7. The molecule has 1 saturated heterocycles. The summed E-state index contributed by atoms with van der Waals surface area (Å²) in [4.78, 5) is 13.3. The molecule has 5 heteroatoms. The summed E-state index contributed by atoms with van der Waals surface area (Å²) in [7, 11) is 1.71. The van der Waals surface area contributed by atoms with E-state index in [1.54, 1.807) is 12.0 Å². The lowest BCUT2D eigenvalue weighted by molar-refractivity contribution is 0.184. The van der Waals surface area contributed by atoms with Crippen molar-refractivity contribution in [3.63, 3.8) is 0 Å². The number of methoxy groups -OCH3 is 1. The molecule has 2 N–H and O–H groups in total. The first-order chi connectivity index (χ1) is 9.24. The average molecular weight is 263 g/mol. The highest BCUT2D eigenvalue weighted by Crippen LogP contribution is 2.20. The first kappa shape index (κ1) is 13.7. The Morgan fingerprint density at radius 2 is 2.16 bits per heavy atom. The van der Waals surface area contributed by atoms with E-state index < -0.39 is 0 Å². The van der Waals surface area contributed by atoms with E-state index in [2.05, 4.69) is 17.6 Å². The van der Waals surface area contributed by atoms with Gasteiger partial charge in [-0.05, 0) is 30.7 Å². The predicted octanol–water partition coefficient (Wildman–Crippen LogP) is 2.05. The van der Waals surface area contributed by atoms with Crippen molar-refractivity contribution in [2.24, 2.45) is 0 Å². The Balaban J connectivity index is 1.99. The maximum absolute atomic E-state index is 11.6. The summed E-state index contributed by atoms with van der Waals surface area (Å²) in [5.41, 5.74) is 1.98. The number of rotatable bonds is 6. The topological polar surface area (TPSA) is 53.6 Å². The standard InChI is InChI=1S/C14H21N3O2/c1-3-11(10-19-2)16-12-4-6-13(7-5-12)17-9-8-15-14(17)18/h4-7,11,16H,3,8-10H2,1-2H3,(H,15,18). The first-order valence-corrected chi connectivity index (χ1v) is 6.65. The number of nitrogens with one attached hydrogen (secondary N) is 2. The van der Waals surface area contributed by atoms with Gasteiger partial charge < -0.3 is 15.4 Å². The van der Waals surface area contributed by atoms with Crippen LogP contribution in [0.25, 0.3) is 0 Å². The molecule has 2 amide bonds. The summed E-state index contributed by atoms with van der Waals surface area (Å²) < 4.78 is 5.16. The second kappa shape index (κ2) is 6.43. The number of urea groups is 1. The van der Waals surface area contributed by atoms with Gasteiger partial charge in [-0.1, -0.05) is 6.92 Å². The molecule has 1 unspecified atom stereocenters. The van der Waals surface area contributed by atoms with Crippen molar-refractivity contribution < 1.29 is 9.53 Å². The van der Waals surface area contributed by atoms with Crippen LogP contribution >= 0.6 is 0 Å². The smallest absolute Gasteiger partial charge is 0.321 e. The molecule has 0 spiro atoms. The second-order valence-electron chi connectivity index (χ2n) is 4.64. The summed E-state index contributed by atoms with van der Waals surface area (Å²) in [6.45, 7) is 4.25. The average Bonchev–Trinajstić information content (AvgIpc) is 2.85. The van der Waals surface area contributed by atoms with Crippen molar-refractivity contribution in [1.29, 1.82) is 0 Å². The Bertz CT molecular complexity index is 419. The van der Waals surface area contributed by atoms with Crippen LogP contribution in [-0.2, 0) is 4.74 Å². The van der Waals surface area contributed by atoms with Crippen LogP contribution in [0.15, 0.2) is 24.3 Å². The van der Waals surface area contributed by atoms with E-state index in [4.69, 9.17) is 4.74 Å². The number of benzene rings is 1. The minimum atomic E-state index is -0.0217. The van der Waals surface area contributed by atoms with E-state index >= 15 is 0 Å². The normalized spacial score (nSPS) is 16.3. The summed E-state index contributed by atoms with van der Waals surface area (Å²) in [5.74, 6) is 0. The van der Waals surface area contributed by atoms with Gasteiger partial charge in [-0.25, -0.2) is 4.79 Å². The van der Waals surface area contributed by atoms with Crippen molar-refractivity contribution in [3.05, 3.63) is 24.3 Å². The fourth-order valence-corrected chi connectivity index (χ4v) is 2.15. The molecule has 2 rings (SSSR count). The third-order valence-electron chi connectivity index (χ3n) is 3.27. The number of amides is 2. The molecule has 1 aliphatic heterocycles. The van der Waals surface area contributed by atoms with Crippen LogP contribution in [0, 0.1) is 0 Å². The lowest BCUT2D eigenvalue weighted by Crippen LogP contribution is -2.27. The van der Waals surface area contributed by atoms with Gasteiger partial charge in [-0.3, -0.25) is 4.90 Å². The molecule has 0 radical (unpaired) electrons. The van der Waals surface area contributed by atoms with Crippen LogP contribution < -0.4 is 15.5 Å². The second-order valence-corrected chi connectivity index (χ2v) is 4.64. The van der Waals surface area contributed by atoms with Crippen molar-refractivity contribution in [2.45, 2.75) is 19.4 Å². The monoisotopic (exact) mass is 263 g/mol. The number of nitrogens with zero attached hydrogens (tertiary/aromatic N) is 1. The van der Waals surface area contributed by atoms with Crippen LogP contribution in [0.3, 0.4) is 0 Å². The fraction of sp³-hybridized carbons (Fsp3) is 0.500. The zero-order valence-electron chi connectivity index (χ0n) is 11.5. The van der Waals surface area contributed by atoms with Crippen LogP contribution in [0.1, 0.15) is 13.3 Å². The molecule has 1 aliphatic rings. The van der Waals surface area contributed by atoms with E-state index in [-0.39, 0.29) is 6.03 Å². The molecule has 1 atom stereocenters. The maximum atomic E-state index is 11.6. The zero-order valence-corrected chi connectivity index (χ0v) is 11.5. The van der Waals surface area contributed by atoms with Crippen LogP contribution in [-0.4, -0.2) is 38.9 Å². The van der Waals surface area contributed by atoms with E-state index in [1.807, 2.05) is 24.3 Å². The fourth-order valence-electron chi connectivity index (χ4n) is 2.15. The van der Waals surface area contributed by atoms with Gasteiger partial charge in [-0.2, -0.15) is 0 Å². The van der Waals surface area contributed by atoms with Crippen molar-refractivity contribution in [2.75, 3.05) is 37.0 Å². The highest BCUT2D eigenvalue weighted by Gasteiger charge is 2.20. The summed E-state index contributed by atoms with van der Waals surface area (Å²) in [5, 5.41) is 6.21. The lowest BCUT2D eigenvalue weighted by atomic mass is 10.2. The molecule has 5 nitrogen and oxygen atoms in total. The molecule has 19 heavy (non-hydrogen) atoms. The van der Waals surface area contributed by atoms with E-state index in [1.165, 1.54) is 0 Å². The molecular formula is C14H21N3O2. The van der Waals surface area contributed by atoms with Crippen LogP contribution in [0.5, 0.6) is 0 Å². The lowest BCUT2D eigenvalue weighted by Gasteiger charge is -2.19. The maximum Gasteiger partial charge on any atom is 0.321 e. The number of ether oxygens (including phenoxy) is 1. The Labute approximate surface area is 113 Å².